The Bertz CT molecular complexity index is 585. The van der Waals surface area contributed by atoms with E-state index in [9.17, 15) is 19.2 Å². The first-order valence-electron chi connectivity index (χ1n) is 8.79. The number of hydrogen-bond donors (Lipinski definition) is 0. The van der Waals surface area contributed by atoms with Crippen molar-refractivity contribution >= 4 is 23.7 Å². The van der Waals surface area contributed by atoms with Gasteiger partial charge in [-0.3, -0.25) is 14.4 Å². The molecular formula is C19H26O7. The van der Waals surface area contributed by atoms with Crippen LogP contribution in [0.5, 0.6) is 0 Å². The predicted octanol–water partition coefficient (Wildman–Crippen LogP) is 2.14. The molecule has 0 amide bonds. The van der Waals surface area contributed by atoms with E-state index in [1.54, 1.807) is 26.8 Å². The van der Waals surface area contributed by atoms with E-state index in [4.69, 9.17) is 14.2 Å². The lowest BCUT2D eigenvalue weighted by Crippen LogP contribution is -2.36. The zero-order chi connectivity index (χ0) is 19.7. The van der Waals surface area contributed by atoms with Gasteiger partial charge in [0.25, 0.3) is 0 Å². The number of Topliss-reactive ketones (excluding diaryl/α,β-unsaturated/α-hetero) is 1. The molecule has 0 saturated heterocycles. The first kappa shape index (κ1) is 21.6. The molecule has 1 unspecified atom stereocenters. The Morgan fingerprint density at radius 1 is 1.08 bits per heavy atom. The molecule has 1 rings (SSSR count). The van der Waals surface area contributed by atoms with Crippen molar-refractivity contribution in [2.75, 3.05) is 19.8 Å². The van der Waals surface area contributed by atoms with E-state index in [0.29, 0.717) is 12.8 Å². The van der Waals surface area contributed by atoms with Crippen molar-refractivity contribution in [2.45, 2.75) is 40.0 Å². The standard InChI is InChI=1S/C19H26O7/c1-5-24-17(21)12(4)11-13-9-8-10-14(16(13)20)15(18(22)25-6-2)19(23)26-7-3/h10,13,15H,4-9,11H2,1-3H3. The number of carbonyl (C=O) groups is 4. The van der Waals surface area contributed by atoms with Crippen LogP contribution in [-0.4, -0.2) is 43.5 Å². The fraction of sp³-hybridized carbons (Fsp3) is 0.579. The molecule has 144 valence electrons. The first-order valence-corrected chi connectivity index (χ1v) is 8.79. The average Bonchev–Trinajstić information content (AvgIpc) is 2.59. The van der Waals surface area contributed by atoms with Crippen LogP contribution in [0.4, 0.5) is 0 Å². The van der Waals surface area contributed by atoms with Crippen molar-refractivity contribution in [1.29, 1.82) is 0 Å². The zero-order valence-electron chi connectivity index (χ0n) is 15.5. The Balaban J connectivity index is 2.98. The highest BCUT2D eigenvalue weighted by Gasteiger charge is 2.40. The van der Waals surface area contributed by atoms with E-state index in [-0.39, 0.29) is 43.2 Å². The van der Waals surface area contributed by atoms with Crippen molar-refractivity contribution in [3.05, 3.63) is 23.8 Å². The number of rotatable bonds is 9. The lowest BCUT2D eigenvalue weighted by Gasteiger charge is -2.25. The summed E-state index contributed by atoms with van der Waals surface area (Å²) in [6.07, 6.45) is 2.69. The van der Waals surface area contributed by atoms with Gasteiger partial charge in [0.15, 0.2) is 11.7 Å². The summed E-state index contributed by atoms with van der Waals surface area (Å²) >= 11 is 0. The average molecular weight is 366 g/mol. The molecule has 0 spiro atoms. The molecule has 0 heterocycles. The Kier molecular flexibility index (Phi) is 8.75. The molecule has 26 heavy (non-hydrogen) atoms. The maximum Gasteiger partial charge on any atom is 0.333 e. The Labute approximate surface area is 153 Å². The molecule has 1 aliphatic carbocycles. The van der Waals surface area contributed by atoms with Crippen LogP contribution in [0.1, 0.15) is 40.0 Å². The second kappa shape index (κ2) is 10.5. The normalized spacial score (nSPS) is 16.7. The van der Waals surface area contributed by atoms with Gasteiger partial charge in [-0.1, -0.05) is 12.7 Å². The summed E-state index contributed by atoms with van der Waals surface area (Å²) in [5, 5.41) is 0. The molecule has 0 fully saturated rings. The highest BCUT2D eigenvalue weighted by atomic mass is 16.6. The summed E-state index contributed by atoms with van der Waals surface area (Å²) in [7, 11) is 0. The fourth-order valence-corrected chi connectivity index (χ4v) is 2.78. The van der Waals surface area contributed by atoms with Crippen molar-refractivity contribution in [1.82, 2.24) is 0 Å². The number of esters is 3. The van der Waals surface area contributed by atoms with Crippen LogP contribution in [0.25, 0.3) is 0 Å². The topological polar surface area (TPSA) is 96.0 Å². The number of hydrogen-bond acceptors (Lipinski definition) is 7. The summed E-state index contributed by atoms with van der Waals surface area (Å²) in [6.45, 7) is 8.96. The maximum atomic E-state index is 12.8. The molecule has 1 atom stereocenters. The second-order valence-corrected chi connectivity index (χ2v) is 5.76. The third-order valence-electron chi connectivity index (χ3n) is 3.95. The van der Waals surface area contributed by atoms with Crippen LogP contribution < -0.4 is 0 Å². The van der Waals surface area contributed by atoms with Gasteiger partial charge in [-0.25, -0.2) is 4.79 Å². The molecule has 0 radical (unpaired) electrons. The minimum atomic E-state index is -1.40. The molecular weight excluding hydrogens is 340 g/mol. The Hall–Kier alpha value is -2.44. The molecule has 1 aliphatic rings. The lowest BCUT2D eigenvalue weighted by molar-refractivity contribution is -0.160. The molecule has 0 aliphatic heterocycles. The second-order valence-electron chi connectivity index (χ2n) is 5.76. The summed E-state index contributed by atoms with van der Waals surface area (Å²) in [5.41, 5.74) is 0.255. The molecule has 0 bridgehead atoms. The van der Waals surface area contributed by atoms with Gasteiger partial charge in [0.1, 0.15) is 0 Å². The predicted molar refractivity (Wildman–Crippen MR) is 93.0 cm³/mol. The van der Waals surface area contributed by atoms with Gasteiger partial charge in [0, 0.05) is 17.1 Å². The SMILES string of the molecule is C=C(CC1CCC=C(C(C(=O)OCC)C(=O)OCC)C1=O)C(=O)OCC. The quantitative estimate of drug-likeness (QED) is 0.267. The minimum absolute atomic E-state index is 0.0646. The van der Waals surface area contributed by atoms with Crippen LogP contribution in [0.15, 0.2) is 23.8 Å². The van der Waals surface area contributed by atoms with Crippen LogP contribution in [0.2, 0.25) is 0 Å². The van der Waals surface area contributed by atoms with Gasteiger partial charge in [0.05, 0.1) is 19.8 Å². The third-order valence-corrected chi connectivity index (χ3v) is 3.95. The van der Waals surface area contributed by atoms with Crippen LogP contribution in [0.3, 0.4) is 0 Å². The Morgan fingerprint density at radius 2 is 1.62 bits per heavy atom. The number of ether oxygens (including phenoxy) is 3. The molecule has 7 heteroatoms. The molecule has 0 aromatic rings. The smallest absolute Gasteiger partial charge is 0.333 e. The van der Waals surface area contributed by atoms with Gasteiger partial charge >= 0.3 is 17.9 Å². The summed E-state index contributed by atoms with van der Waals surface area (Å²) in [4.78, 5) is 49.0. The summed E-state index contributed by atoms with van der Waals surface area (Å²) < 4.78 is 14.8. The van der Waals surface area contributed by atoms with Crippen LogP contribution in [0, 0.1) is 11.8 Å². The molecule has 7 nitrogen and oxygen atoms in total. The van der Waals surface area contributed by atoms with E-state index in [2.05, 4.69) is 6.58 Å². The molecule has 0 aromatic carbocycles. The van der Waals surface area contributed by atoms with E-state index in [1.165, 1.54) is 0 Å². The van der Waals surface area contributed by atoms with Gasteiger partial charge in [-0.15, -0.1) is 0 Å². The summed E-state index contributed by atoms with van der Waals surface area (Å²) in [5.74, 6) is -4.48. The minimum Gasteiger partial charge on any atom is -0.465 e. The van der Waals surface area contributed by atoms with Gasteiger partial charge in [0.2, 0.25) is 0 Å². The van der Waals surface area contributed by atoms with Crippen molar-refractivity contribution in [3.8, 4) is 0 Å². The van der Waals surface area contributed by atoms with Gasteiger partial charge < -0.3 is 14.2 Å². The molecule has 0 saturated carbocycles. The third kappa shape index (κ3) is 5.54. The number of ketones is 1. The summed E-state index contributed by atoms with van der Waals surface area (Å²) in [6, 6.07) is 0. The number of allylic oxidation sites excluding steroid dienone is 1. The monoisotopic (exact) mass is 366 g/mol. The molecule has 0 aromatic heterocycles. The van der Waals surface area contributed by atoms with Crippen molar-refractivity contribution < 1.29 is 33.4 Å². The molecule has 0 N–H and O–H groups in total. The lowest BCUT2D eigenvalue weighted by atomic mass is 9.79. The first-order chi connectivity index (χ1) is 12.4. The van der Waals surface area contributed by atoms with E-state index in [1.807, 2.05) is 0 Å². The number of carbonyl (C=O) groups excluding carboxylic acids is 4. The van der Waals surface area contributed by atoms with Crippen molar-refractivity contribution in [2.24, 2.45) is 11.8 Å². The fourth-order valence-electron chi connectivity index (χ4n) is 2.78. The van der Waals surface area contributed by atoms with Crippen LogP contribution in [-0.2, 0) is 33.4 Å². The highest BCUT2D eigenvalue weighted by Crippen LogP contribution is 2.31. The maximum absolute atomic E-state index is 12.8. The van der Waals surface area contributed by atoms with Crippen molar-refractivity contribution in [3.63, 3.8) is 0 Å². The highest BCUT2D eigenvalue weighted by molar-refractivity contribution is 6.11. The largest absolute Gasteiger partial charge is 0.465 e. The van der Waals surface area contributed by atoms with Gasteiger partial charge in [-0.2, -0.15) is 0 Å². The van der Waals surface area contributed by atoms with Gasteiger partial charge in [-0.05, 0) is 40.0 Å². The van der Waals surface area contributed by atoms with Crippen LogP contribution >= 0.6 is 0 Å². The zero-order valence-corrected chi connectivity index (χ0v) is 15.5. The van der Waals surface area contributed by atoms with E-state index in [0.717, 1.165) is 0 Å². The Morgan fingerprint density at radius 3 is 2.12 bits per heavy atom. The van der Waals surface area contributed by atoms with E-state index >= 15 is 0 Å². The van der Waals surface area contributed by atoms with E-state index < -0.39 is 29.7 Å².